The monoisotopic (exact) mass is 312 g/mol. The van der Waals surface area contributed by atoms with E-state index in [1.54, 1.807) is 11.3 Å². The Labute approximate surface area is 129 Å². The van der Waals surface area contributed by atoms with E-state index in [1.165, 1.54) is 42.1 Å². The van der Waals surface area contributed by atoms with Gasteiger partial charge in [-0.25, -0.2) is 0 Å². The molecule has 1 aromatic heterocycles. The van der Waals surface area contributed by atoms with Crippen molar-refractivity contribution >= 4 is 23.1 Å². The van der Waals surface area contributed by atoms with Crippen molar-refractivity contribution in [3.05, 3.63) is 16.6 Å². The molecule has 3 atom stereocenters. The Morgan fingerprint density at radius 2 is 2.55 bits per heavy atom. The molecule has 0 radical (unpaired) electrons. The zero-order valence-electron chi connectivity index (χ0n) is 12.1. The van der Waals surface area contributed by atoms with Crippen LogP contribution >= 0.6 is 23.1 Å². The highest BCUT2D eigenvalue weighted by Gasteiger charge is 2.42. The lowest BCUT2D eigenvalue weighted by Crippen LogP contribution is -2.43. The Balaban J connectivity index is 1.72. The van der Waals surface area contributed by atoms with Crippen LogP contribution in [0.5, 0.6) is 0 Å². The molecule has 1 N–H and O–H groups in total. The third-order valence-electron chi connectivity index (χ3n) is 4.44. The van der Waals surface area contributed by atoms with Crippen LogP contribution in [0.1, 0.15) is 43.5 Å². The molecule has 1 aromatic rings. The number of thiazole rings is 1. The van der Waals surface area contributed by atoms with Crippen molar-refractivity contribution in [3.8, 4) is 0 Å². The van der Waals surface area contributed by atoms with Gasteiger partial charge in [0.15, 0.2) is 0 Å². The van der Waals surface area contributed by atoms with Gasteiger partial charge in [-0.1, -0.05) is 6.92 Å². The predicted molar refractivity (Wildman–Crippen MR) is 86.5 cm³/mol. The van der Waals surface area contributed by atoms with E-state index in [0.29, 0.717) is 12.0 Å². The summed E-state index contributed by atoms with van der Waals surface area (Å²) in [6.45, 7) is 4.24. The highest BCUT2D eigenvalue weighted by atomic mass is 32.2. The normalized spacial score (nSPS) is 31.8. The predicted octanol–water partition coefficient (Wildman–Crippen LogP) is 3.49. The fraction of sp³-hybridized carbons (Fsp3) is 0.800. The van der Waals surface area contributed by atoms with Crippen molar-refractivity contribution in [2.75, 3.05) is 24.7 Å². The lowest BCUT2D eigenvalue weighted by Gasteiger charge is -2.41. The van der Waals surface area contributed by atoms with Gasteiger partial charge in [-0.3, -0.25) is 4.98 Å². The third-order valence-corrected chi connectivity index (χ3v) is 6.52. The average Bonchev–Trinajstić information content (AvgIpc) is 3.12. The van der Waals surface area contributed by atoms with Crippen molar-refractivity contribution in [1.29, 1.82) is 0 Å². The summed E-state index contributed by atoms with van der Waals surface area (Å²) in [4.78, 5) is 5.67. The van der Waals surface area contributed by atoms with E-state index in [4.69, 9.17) is 4.74 Å². The molecular formula is C15H24N2OS2. The highest BCUT2D eigenvalue weighted by molar-refractivity contribution is 7.99. The Hall–Kier alpha value is -0.100. The number of hydrogen-bond donors (Lipinski definition) is 1. The number of aromatic nitrogens is 1. The number of rotatable bonds is 5. The van der Waals surface area contributed by atoms with Crippen molar-refractivity contribution in [2.24, 2.45) is 5.92 Å². The van der Waals surface area contributed by atoms with Gasteiger partial charge < -0.3 is 10.1 Å². The van der Waals surface area contributed by atoms with E-state index in [2.05, 4.69) is 29.0 Å². The molecule has 20 heavy (non-hydrogen) atoms. The van der Waals surface area contributed by atoms with Crippen molar-refractivity contribution in [2.45, 2.75) is 44.2 Å². The summed E-state index contributed by atoms with van der Waals surface area (Å²) in [6.07, 6.45) is 6.84. The van der Waals surface area contributed by atoms with Gasteiger partial charge in [-0.2, -0.15) is 11.8 Å². The lowest BCUT2D eigenvalue weighted by molar-refractivity contribution is -0.0852. The van der Waals surface area contributed by atoms with Gasteiger partial charge >= 0.3 is 0 Å². The Kier molecular flexibility index (Phi) is 5.02. The highest BCUT2D eigenvalue weighted by Crippen LogP contribution is 2.44. The van der Waals surface area contributed by atoms with E-state index < -0.39 is 0 Å². The van der Waals surface area contributed by atoms with Gasteiger partial charge in [-0.15, -0.1) is 11.3 Å². The molecule has 1 spiro atoms. The topological polar surface area (TPSA) is 34.2 Å². The minimum Gasteiger partial charge on any atom is -0.374 e. The van der Waals surface area contributed by atoms with E-state index in [0.717, 1.165) is 13.2 Å². The summed E-state index contributed by atoms with van der Waals surface area (Å²) in [6, 6.07) is 0.467. The summed E-state index contributed by atoms with van der Waals surface area (Å²) in [7, 11) is 0. The lowest BCUT2D eigenvalue weighted by atomic mass is 9.81. The molecule has 0 aliphatic carbocycles. The second-order valence-corrected chi connectivity index (χ2v) is 7.95. The molecule has 0 amide bonds. The van der Waals surface area contributed by atoms with E-state index in [9.17, 15) is 0 Å². The van der Waals surface area contributed by atoms with E-state index in [-0.39, 0.29) is 5.60 Å². The number of nitrogens with one attached hydrogen (secondary N) is 1. The maximum atomic E-state index is 6.17. The zero-order valence-corrected chi connectivity index (χ0v) is 13.8. The first-order chi connectivity index (χ1) is 9.83. The summed E-state index contributed by atoms with van der Waals surface area (Å²) in [5.74, 6) is 3.14. The van der Waals surface area contributed by atoms with Crippen molar-refractivity contribution in [1.82, 2.24) is 10.3 Å². The van der Waals surface area contributed by atoms with E-state index in [1.807, 2.05) is 11.7 Å². The fourth-order valence-corrected chi connectivity index (χ4v) is 5.56. The second-order valence-electron chi connectivity index (χ2n) is 5.92. The Bertz CT molecular complexity index is 404. The quantitative estimate of drug-likeness (QED) is 0.902. The van der Waals surface area contributed by atoms with Gasteiger partial charge in [-0.05, 0) is 43.9 Å². The number of ether oxygens (including phenoxy) is 1. The molecule has 3 nitrogen and oxygen atoms in total. The van der Waals surface area contributed by atoms with Crippen LogP contribution in [0.3, 0.4) is 0 Å². The van der Waals surface area contributed by atoms with Crippen LogP contribution in [0.2, 0.25) is 0 Å². The standard InChI is InChI=1S/C15H24N2OS2/c1-2-5-17-14(13-9-16-11-20-13)12-3-6-18-15(8-12)4-7-19-10-15/h9,11-12,14,17H,2-8,10H2,1H3. The largest absolute Gasteiger partial charge is 0.374 e. The zero-order chi connectivity index (χ0) is 13.8. The number of hydrogen-bond acceptors (Lipinski definition) is 5. The first-order valence-corrected chi connectivity index (χ1v) is 9.70. The smallest absolute Gasteiger partial charge is 0.0794 e. The van der Waals surface area contributed by atoms with Crippen LogP contribution in [0.4, 0.5) is 0 Å². The molecule has 3 unspecified atom stereocenters. The minimum atomic E-state index is 0.171. The molecular weight excluding hydrogens is 288 g/mol. The molecule has 112 valence electrons. The van der Waals surface area contributed by atoms with Crippen molar-refractivity contribution < 1.29 is 4.74 Å². The molecule has 2 aliphatic heterocycles. The maximum absolute atomic E-state index is 6.17. The molecule has 0 bridgehead atoms. The molecule has 3 heterocycles. The van der Waals surface area contributed by atoms with Crippen molar-refractivity contribution in [3.63, 3.8) is 0 Å². The SMILES string of the molecule is CCCNC(c1cncs1)C1CCOC2(CCSC2)C1. The Morgan fingerprint density at radius 3 is 3.25 bits per heavy atom. The molecule has 2 fully saturated rings. The average molecular weight is 313 g/mol. The Morgan fingerprint density at radius 1 is 1.60 bits per heavy atom. The van der Waals surface area contributed by atoms with Crippen LogP contribution in [0.15, 0.2) is 11.7 Å². The number of thioether (sulfide) groups is 1. The maximum Gasteiger partial charge on any atom is 0.0794 e. The van der Waals surface area contributed by atoms with Crippen LogP contribution < -0.4 is 5.32 Å². The molecule has 5 heteroatoms. The minimum absolute atomic E-state index is 0.171. The summed E-state index contributed by atoms with van der Waals surface area (Å²) in [5.41, 5.74) is 2.13. The summed E-state index contributed by atoms with van der Waals surface area (Å²) in [5, 5.41) is 3.76. The molecule has 2 aliphatic rings. The van der Waals surface area contributed by atoms with Crippen LogP contribution in [0, 0.1) is 5.92 Å². The fourth-order valence-electron chi connectivity index (χ4n) is 3.39. The molecule has 0 saturated carbocycles. The first-order valence-electron chi connectivity index (χ1n) is 7.66. The molecule has 3 rings (SSSR count). The van der Waals surface area contributed by atoms with Gasteiger partial charge in [0, 0.05) is 29.5 Å². The van der Waals surface area contributed by atoms with Gasteiger partial charge in [0.1, 0.15) is 0 Å². The molecule has 2 saturated heterocycles. The summed E-state index contributed by atoms with van der Waals surface area (Å²) < 4.78 is 6.17. The first kappa shape index (κ1) is 14.8. The number of nitrogens with zero attached hydrogens (tertiary/aromatic N) is 1. The molecule has 0 aromatic carbocycles. The van der Waals surface area contributed by atoms with Crippen LogP contribution in [0.25, 0.3) is 0 Å². The van der Waals surface area contributed by atoms with Crippen LogP contribution in [-0.2, 0) is 4.74 Å². The second kappa shape index (κ2) is 6.77. The van der Waals surface area contributed by atoms with Gasteiger partial charge in [0.25, 0.3) is 0 Å². The van der Waals surface area contributed by atoms with E-state index >= 15 is 0 Å². The summed E-state index contributed by atoms with van der Waals surface area (Å²) >= 11 is 3.84. The third kappa shape index (κ3) is 3.21. The van der Waals surface area contributed by atoms with Crippen LogP contribution in [-0.4, -0.2) is 35.2 Å². The van der Waals surface area contributed by atoms with Gasteiger partial charge in [0.2, 0.25) is 0 Å². The van der Waals surface area contributed by atoms with Gasteiger partial charge in [0.05, 0.1) is 11.1 Å².